The molecule has 0 aliphatic carbocycles. The quantitative estimate of drug-likeness (QED) is 0.0694. The smallest absolute Gasteiger partial charge is 1.00 e. The molecule has 0 atom stereocenters. The normalized spacial score (nSPS) is 7.00. The van der Waals surface area contributed by atoms with Crippen LogP contribution in [0.15, 0.2) is 30.4 Å². The molecular weight excluding hydrogens is 2350 g/mol. The van der Waals surface area contributed by atoms with E-state index >= 15 is 0 Å². The van der Waals surface area contributed by atoms with Crippen LogP contribution in [-0.2, 0) is 194 Å². The van der Waals surface area contributed by atoms with Crippen molar-refractivity contribution < 1.29 is 200 Å². The summed E-state index contributed by atoms with van der Waals surface area (Å²) in [4.78, 5) is 0. The molecule has 0 unspecified atom stereocenters. The topological polar surface area (TPSA) is 106 Å². The minimum atomic E-state index is 0. The molecule has 0 spiro atoms. The van der Waals surface area contributed by atoms with Crippen molar-refractivity contribution in [2.24, 2.45) is 5.73 Å². The van der Waals surface area contributed by atoms with Crippen LogP contribution in [0, 0.1) is 32.9 Å². The second kappa shape index (κ2) is 94.4. The number of aliphatic hydroxyl groups excluding tert-OH is 1. The minimum Gasteiger partial charge on any atom is 1.00 e. The van der Waals surface area contributed by atoms with Crippen molar-refractivity contribution in [3.05, 3.63) is 63.3 Å². The molecule has 0 aromatic heterocycles. The fourth-order valence-corrected chi connectivity index (χ4v) is 3.76. The number of aliphatic hydroxyl groups is 1. The van der Waals surface area contributed by atoms with E-state index in [0.29, 0.717) is 0 Å². The summed E-state index contributed by atoms with van der Waals surface area (Å²) in [7, 11) is 0. The third-order valence-electron chi connectivity index (χ3n) is 2.51. The molecule has 0 aromatic rings. The van der Waals surface area contributed by atoms with Crippen LogP contribution in [0.25, 0.3) is 0 Å². The Balaban J connectivity index is -0.0000000396. The molecule has 0 aliphatic heterocycles. The Kier molecular flexibility index (Phi) is 149. The van der Waals surface area contributed by atoms with E-state index in [-0.39, 0.29) is 1.43 Å². The summed E-state index contributed by atoms with van der Waals surface area (Å²) >= 11 is 16.8. The zero-order valence-electron chi connectivity index (χ0n) is 30.4. The molecule has 0 saturated carbocycles. The molecule has 0 saturated heterocycles. The number of hydrogen-bond acceptors (Lipinski definition) is 8. The van der Waals surface area contributed by atoms with E-state index in [2.05, 4.69) is 62.0 Å². The monoisotopic (exact) mass is 2410 g/mol. The molecule has 0 aliphatic rings. The van der Waals surface area contributed by atoms with Crippen LogP contribution >= 0.6 is 12.6 Å². The Morgan fingerprint density at radius 1 is 0.560 bits per heavy atom. The molecule has 290 valence electrons. The first-order valence-corrected chi connectivity index (χ1v) is 28.6. The van der Waals surface area contributed by atoms with E-state index in [0.717, 1.165) is 72.2 Å². The van der Waals surface area contributed by atoms with Gasteiger partial charge in [0.15, 0.2) is 0 Å². The van der Waals surface area contributed by atoms with Crippen LogP contribution in [0.5, 0.6) is 0 Å². The maximum absolute atomic E-state index is 7.36. The van der Waals surface area contributed by atoms with Crippen molar-refractivity contribution in [3.63, 3.8) is 0 Å². The summed E-state index contributed by atoms with van der Waals surface area (Å²) in [5.74, 6) is 0. The summed E-state index contributed by atoms with van der Waals surface area (Å²) in [5, 5.41) is 22.7. The molecular formula is C32H51N6OSW10-9. The van der Waals surface area contributed by atoms with Crippen molar-refractivity contribution in [1.82, 2.24) is 26.6 Å². The standard InChI is InChI=1S/5C5H8N.2C2H3.CH2N.CHO.CHS.10W/c5*1-3-5-6-4-2;5*1-2;;;;;;;;;;/h5*1,3,6H,4H2,2H3;2*1H3;2H2;2*2H;;;;;;;;;;/q10*-1;;;;;;;;;;/p+1. The van der Waals surface area contributed by atoms with E-state index in [4.69, 9.17) is 38.0 Å². The van der Waals surface area contributed by atoms with Gasteiger partial charge in [0.1, 0.15) is 0 Å². The number of nitrogens with one attached hydrogen (secondary N) is 5. The van der Waals surface area contributed by atoms with E-state index in [1.165, 1.54) is 174 Å². The third-order valence-corrected chi connectivity index (χ3v) is 7.55. The van der Waals surface area contributed by atoms with Gasteiger partial charge in [0.05, 0.1) is 0 Å². The summed E-state index contributed by atoms with van der Waals surface area (Å²) in [6.45, 7) is 44.7. The van der Waals surface area contributed by atoms with Crippen LogP contribution in [0.4, 0.5) is 0 Å². The van der Waals surface area contributed by atoms with Crippen LogP contribution in [0.2, 0.25) is 0 Å². The molecule has 0 bridgehead atoms. The predicted molar refractivity (Wildman–Crippen MR) is 190 cm³/mol. The van der Waals surface area contributed by atoms with Crippen molar-refractivity contribution in [3.8, 4) is 0 Å². The number of rotatable bonds is 15. The number of hydrogen-bond donors (Lipinski definition) is 8. The fraction of sp³-hybridized carbons (Fsp3) is 0.375. The molecule has 0 heterocycles. The van der Waals surface area contributed by atoms with Crippen LogP contribution in [0.3, 0.4) is 0 Å². The van der Waals surface area contributed by atoms with Crippen molar-refractivity contribution in [2.45, 2.75) is 48.5 Å². The summed E-state index contributed by atoms with van der Waals surface area (Å²) in [6.07, 6.45) is 7.98. The molecule has 8 N–H and O–H groups in total. The minimum absolute atomic E-state index is 0. The second-order valence-electron chi connectivity index (χ2n) is 6.01. The molecule has 7 nitrogen and oxygen atoms in total. The molecule has 0 rings (SSSR count). The third kappa shape index (κ3) is 160. The van der Waals surface area contributed by atoms with Gasteiger partial charge in [-0.1, -0.05) is 0 Å². The zero-order chi connectivity index (χ0) is 42.0. The first kappa shape index (κ1) is 78.6. The van der Waals surface area contributed by atoms with E-state index in [1.54, 1.807) is 30.4 Å². The Morgan fingerprint density at radius 3 is 0.660 bits per heavy atom. The molecule has 50 heavy (non-hydrogen) atoms. The zero-order valence-corrected chi connectivity index (χ0v) is 59.6. The Morgan fingerprint density at radius 2 is 0.640 bits per heavy atom. The van der Waals surface area contributed by atoms with Gasteiger partial charge >= 0.3 is 431 Å². The van der Waals surface area contributed by atoms with Gasteiger partial charge in [0.25, 0.3) is 0 Å². The van der Waals surface area contributed by atoms with E-state index in [1.807, 2.05) is 53.1 Å². The van der Waals surface area contributed by atoms with Gasteiger partial charge in [0, 0.05) is 0 Å². The molecule has 0 fully saturated rings. The Labute approximate surface area is 424 Å². The first-order chi connectivity index (χ1) is 23.6. The second-order valence-corrected chi connectivity index (χ2v) is 20.5. The maximum Gasteiger partial charge on any atom is 1.00 e. The average molecular weight is 2410 g/mol. The van der Waals surface area contributed by atoms with Crippen molar-refractivity contribution >= 4 is 54.4 Å². The number of thiol groups is 1. The van der Waals surface area contributed by atoms with Gasteiger partial charge in [-0.2, -0.15) is 0 Å². The SMILES string of the molecule is C[C-]=[W].C[C-]=[W].N[C-]=[W].O[C-]=[W].S[C-]=[W].[CH-]=C[C](=[W])NCC.[CH-]=C[C](=[W])NCC.[CH-]=C[C](=[W])NCC.[CH-]=C[C](=[W])NCC.[CH-]=C[C](=[W])NCC.[H+]. The first-order valence-electron chi connectivity index (χ1n) is 13.4. The fourth-order valence-electron chi connectivity index (χ4n) is 1.17. The van der Waals surface area contributed by atoms with Crippen LogP contribution < -0.4 is 32.3 Å². The molecule has 0 radical (unpaired) electrons. The van der Waals surface area contributed by atoms with E-state index in [9.17, 15) is 0 Å². The molecule has 0 aromatic carbocycles. The number of likely N-dealkylation sites (N-methyl/N-ethyl adjacent to an activating group) is 5. The maximum atomic E-state index is 7.36. The van der Waals surface area contributed by atoms with Crippen molar-refractivity contribution in [2.75, 3.05) is 32.7 Å². The largest absolute Gasteiger partial charge is 1.00 e. The van der Waals surface area contributed by atoms with Gasteiger partial charge in [-0.15, -0.1) is 0 Å². The van der Waals surface area contributed by atoms with Gasteiger partial charge < -0.3 is 0 Å². The summed E-state index contributed by atoms with van der Waals surface area (Å²) in [6, 6.07) is 0. The van der Waals surface area contributed by atoms with Crippen molar-refractivity contribution in [1.29, 1.82) is 0 Å². The van der Waals surface area contributed by atoms with Gasteiger partial charge in [-0.05, 0) is 0 Å². The Hall–Kier alpha value is 4.35. The molecule has 0 amide bonds. The van der Waals surface area contributed by atoms with Gasteiger partial charge in [-0.25, -0.2) is 0 Å². The average Bonchev–Trinajstić information content (AvgIpc) is 3.08. The summed E-state index contributed by atoms with van der Waals surface area (Å²) < 4.78 is 17.9. The molecule has 18 heteroatoms. The number of nitrogens with two attached hydrogens (primary N) is 1. The summed E-state index contributed by atoms with van der Waals surface area (Å²) in [5.41, 5.74) is 4.63. The Bertz CT molecular complexity index is 736. The van der Waals surface area contributed by atoms with Crippen LogP contribution in [0.1, 0.15) is 49.9 Å². The van der Waals surface area contributed by atoms with Gasteiger partial charge in [0.2, 0.25) is 0 Å². The van der Waals surface area contributed by atoms with Crippen LogP contribution in [-0.4, -0.2) is 79.6 Å². The van der Waals surface area contributed by atoms with E-state index < -0.39 is 0 Å². The predicted octanol–water partition coefficient (Wildman–Crippen LogP) is 0.657. The van der Waals surface area contributed by atoms with Gasteiger partial charge in [-0.3, -0.25) is 0 Å².